The Morgan fingerprint density at radius 3 is 2.74 bits per heavy atom. The number of nitrogens with zero attached hydrogens (tertiary/aromatic N) is 2. The van der Waals surface area contributed by atoms with E-state index < -0.39 is 0 Å². The lowest BCUT2D eigenvalue weighted by molar-refractivity contribution is -0.122. The average Bonchev–Trinajstić information content (AvgIpc) is 3.19. The molecule has 3 aromatic rings. The first-order chi connectivity index (χ1) is 12.9. The van der Waals surface area contributed by atoms with Gasteiger partial charge in [-0.25, -0.2) is 4.98 Å². The lowest BCUT2D eigenvalue weighted by Gasteiger charge is -2.19. The maximum Gasteiger partial charge on any atom is 0.231 e. The zero-order valence-electron chi connectivity index (χ0n) is 15.6. The molecule has 2 heterocycles. The third kappa shape index (κ3) is 3.32. The van der Waals surface area contributed by atoms with E-state index in [0.717, 1.165) is 32.6 Å². The molecule has 1 unspecified atom stereocenters. The third-order valence-electron chi connectivity index (χ3n) is 4.99. The summed E-state index contributed by atoms with van der Waals surface area (Å²) in [4.78, 5) is 31.5. The van der Waals surface area contributed by atoms with E-state index in [2.05, 4.69) is 16.4 Å². The Labute approximate surface area is 162 Å². The van der Waals surface area contributed by atoms with Crippen molar-refractivity contribution >= 4 is 44.2 Å². The highest BCUT2D eigenvalue weighted by Gasteiger charge is 2.36. The van der Waals surface area contributed by atoms with Crippen LogP contribution in [0.2, 0.25) is 0 Å². The molecule has 4 rings (SSSR count). The Hall–Kier alpha value is -2.73. The highest BCUT2D eigenvalue weighted by Crippen LogP contribution is 2.31. The molecule has 6 heteroatoms. The summed E-state index contributed by atoms with van der Waals surface area (Å²) in [7, 11) is 0. The summed E-state index contributed by atoms with van der Waals surface area (Å²) in [5, 5.41) is 3.49. The van der Waals surface area contributed by atoms with Crippen LogP contribution in [0.3, 0.4) is 0 Å². The van der Waals surface area contributed by atoms with Gasteiger partial charge in [-0.15, -0.1) is 0 Å². The third-order valence-corrected chi connectivity index (χ3v) is 5.93. The summed E-state index contributed by atoms with van der Waals surface area (Å²) in [6.07, 6.45) is 0.225. The minimum atomic E-state index is -0.369. The monoisotopic (exact) mass is 379 g/mol. The number of aryl methyl sites for hydroxylation is 3. The second-order valence-corrected chi connectivity index (χ2v) is 8.16. The van der Waals surface area contributed by atoms with Crippen molar-refractivity contribution in [3.05, 3.63) is 53.1 Å². The molecule has 0 radical (unpaired) electrons. The van der Waals surface area contributed by atoms with Crippen molar-refractivity contribution in [3.8, 4) is 0 Å². The number of nitrogens with one attached hydrogen (secondary N) is 1. The van der Waals surface area contributed by atoms with Crippen molar-refractivity contribution in [1.82, 2.24) is 4.98 Å². The number of rotatable bonds is 3. The SMILES string of the molecule is Cc1ccc(N2CC(C(=O)Nc3nc4c(C)cccc4s3)CC2=O)c(C)c1. The van der Waals surface area contributed by atoms with Crippen molar-refractivity contribution in [1.29, 1.82) is 0 Å². The topological polar surface area (TPSA) is 62.3 Å². The maximum absolute atomic E-state index is 12.7. The predicted octanol–water partition coefficient (Wildman–Crippen LogP) is 4.21. The lowest BCUT2D eigenvalue weighted by Crippen LogP contribution is -2.28. The number of aromatic nitrogens is 1. The number of fused-ring (bicyclic) bond motifs is 1. The van der Waals surface area contributed by atoms with Crippen molar-refractivity contribution < 1.29 is 9.59 Å². The second-order valence-electron chi connectivity index (χ2n) is 7.13. The fraction of sp³-hybridized carbons (Fsp3) is 0.286. The van der Waals surface area contributed by atoms with Crippen LogP contribution >= 0.6 is 11.3 Å². The fourth-order valence-corrected chi connectivity index (χ4v) is 4.52. The van der Waals surface area contributed by atoms with E-state index in [4.69, 9.17) is 0 Å². The molecule has 0 saturated carbocycles. The largest absolute Gasteiger partial charge is 0.311 e. The number of carbonyl (C=O) groups is 2. The molecule has 1 aromatic heterocycles. The first kappa shape index (κ1) is 17.7. The highest BCUT2D eigenvalue weighted by atomic mass is 32.1. The smallest absolute Gasteiger partial charge is 0.231 e. The first-order valence-corrected chi connectivity index (χ1v) is 9.78. The van der Waals surface area contributed by atoms with Crippen molar-refractivity contribution in [3.63, 3.8) is 0 Å². The van der Waals surface area contributed by atoms with Gasteiger partial charge in [0.1, 0.15) is 0 Å². The summed E-state index contributed by atoms with van der Waals surface area (Å²) >= 11 is 1.46. The van der Waals surface area contributed by atoms with Gasteiger partial charge in [0.05, 0.1) is 16.1 Å². The molecular formula is C21H21N3O2S. The highest BCUT2D eigenvalue weighted by molar-refractivity contribution is 7.22. The standard InChI is InChI=1S/C21H21N3O2S/c1-12-7-8-16(14(3)9-12)24-11-15(10-18(24)25)20(26)23-21-22-19-13(2)5-4-6-17(19)27-21/h4-9,15H,10-11H2,1-3H3,(H,22,23,26). The van der Waals surface area contributed by atoms with Crippen LogP contribution in [0.25, 0.3) is 10.2 Å². The van der Waals surface area contributed by atoms with E-state index >= 15 is 0 Å². The minimum Gasteiger partial charge on any atom is -0.311 e. The molecule has 1 aliphatic heterocycles. The molecule has 2 aromatic carbocycles. The van der Waals surface area contributed by atoms with Gasteiger partial charge < -0.3 is 10.2 Å². The number of amides is 2. The molecule has 5 nitrogen and oxygen atoms in total. The number of thiazole rings is 1. The summed E-state index contributed by atoms with van der Waals surface area (Å²) in [6, 6.07) is 12.0. The maximum atomic E-state index is 12.7. The van der Waals surface area contributed by atoms with Crippen LogP contribution in [0.4, 0.5) is 10.8 Å². The number of carbonyl (C=O) groups excluding carboxylic acids is 2. The van der Waals surface area contributed by atoms with Gasteiger partial charge in [-0.1, -0.05) is 41.2 Å². The van der Waals surface area contributed by atoms with E-state index in [-0.39, 0.29) is 24.2 Å². The predicted molar refractivity (Wildman–Crippen MR) is 109 cm³/mol. The first-order valence-electron chi connectivity index (χ1n) is 8.97. The quantitative estimate of drug-likeness (QED) is 0.741. The van der Waals surface area contributed by atoms with Crippen molar-refractivity contribution in [2.45, 2.75) is 27.2 Å². The lowest BCUT2D eigenvalue weighted by atomic mass is 10.1. The van der Waals surface area contributed by atoms with Gasteiger partial charge in [-0.05, 0) is 44.0 Å². The molecule has 1 atom stereocenters. The Morgan fingerprint density at radius 2 is 2.00 bits per heavy atom. The van der Waals surface area contributed by atoms with Gasteiger partial charge in [-0.3, -0.25) is 9.59 Å². The van der Waals surface area contributed by atoms with Crippen LogP contribution in [-0.4, -0.2) is 23.3 Å². The molecule has 138 valence electrons. The molecule has 1 fully saturated rings. The second kappa shape index (κ2) is 6.78. The van der Waals surface area contributed by atoms with E-state index in [9.17, 15) is 9.59 Å². The van der Waals surface area contributed by atoms with Crippen LogP contribution in [-0.2, 0) is 9.59 Å². The van der Waals surface area contributed by atoms with E-state index in [1.807, 2.05) is 51.1 Å². The Kier molecular flexibility index (Phi) is 4.44. The van der Waals surface area contributed by atoms with E-state index in [1.165, 1.54) is 11.3 Å². The number of para-hydroxylation sites is 1. The van der Waals surface area contributed by atoms with Gasteiger partial charge in [0.25, 0.3) is 0 Å². The van der Waals surface area contributed by atoms with Crippen LogP contribution in [0, 0.1) is 26.7 Å². The average molecular weight is 379 g/mol. The molecule has 27 heavy (non-hydrogen) atoms. The van der Waals surface area contributed by atoms with Gasteiger partial charge in [0.2, 0.25) is 11.8 Å². The molecule has 1 aliphatic rings. The normalized spacial score (nSPS) is 16.9. The Bertz CT molecular complexity index is 1060. The minimum absolute atomic E-state index is 0.0118. The molecule has 2 amide bonds. The van der Waals surface area contributed by atoms with Gasteiger partial charge in [0.15, 0.2) is 5.13 Å². The van der Waals surface area contributed by atoms with Gasteiger partial charge in [-0.2, -0.15) is 0 Å². The molecule has 1 saturated heterocycles. The van der Waals surface area contributed by atoms with Crippen molar-refractivity contribution in [2.75, 3.05) is 16.8 Å². The number of hydrogen-bond donors (Lipinski definition) is 1. The van der Waals surface area contributed by atoms with Gasteiger partial charge >= 0.3 is 0 Å². The fourth-order valence-electron chi connectivity index (χ4n) is 3.57. The van der Waals surface area contributed by atoms with Gasteiger partial charge in [0, 0.05) is 18.7 Å². The molecular weight excluding hydrogens is 358 g/mol. The number of anilines is 2. The zero-order chi connectivity index (χ0) is 19.1. The Morgan fingerprint density at radius 1 is 1.19 bits per heavy atom. The summed E-state index contributed by atoms with van der Waals surface area (Å²) in [5.41, 5.74) is 5.09. The van der Waals surface area contributed by atoms with Crippen molar-refractivity contribution in [2.24, 2.45) is 5.92 Å². The van der Waals surface area contributed by atoms with Crippen LogP contribution in [0.15, 0.2) is 36.4 Å². The molecule has 1 N–H and O–H groups in total. The van der Waals surface area contributed by atoms with E-state index in [1.54, 1.807) is 4.90 Å². The van der Waals surface area contributed by atoms with E-state index in [0.29, 0.717) is 11.7 Å². The summed E-state index contributed by atoms with van der Waals surface area (Å²) < 4.78 is 1.05. The molecule has 0 aliphatic carbocycles. The Balaban J connectivity index is 1.51. The summed E-state index contributed by atoms with van der Waals surface area (Å²) in [6.45, 7) is 6.43. The molecule has 0 bridgehead atoms. The molecule has 0 spiro atoms. The number of hydrogen-bond acceptors (Lipinski definition) is 4. The van der Waals surface area contributed by atoms with Crippen LogP contribution in [0.5, 0.6) is 0 Å². The number of benzene rings is 2. The summed E-state index contributed by atoms with van der Waals surface area (Å²) in [5.74, 6) is -0.527. The van der Waals surface area contributed by atoms with Crippen LogP contribution < -0.4 is 10.2 Å². The van der Waals surface area contributed by atoms with Crippen LogP contribution in [0.1, 0.15) is 23.1 Å². The zero-order valence-corrected chi connectivity index (χ0v) is 16.4.